The Hall–Kier alpha value is -3.86. The minimum atomic E-state index is -1.17. The molecule has 40 heavy (non-hydrogen) atoms. The lowest BCUT2D eigenvalue weighted by atomic mass is 9.87. The molecule has 0 radical (unpaired) electrons. The summed E-state index contributed by atoms with van der Waals surface area (Å²) < 4.78 is 15.6. The zero-order chi connectivity index (χ0) is 29.0. The number of aliphatic hydroxyl groups excluding tert-OH is 1. The number of thiophene rings is 1. The molecule has 0 aliphatic carbocycles. The lowest BCUT2D eigenvalue weighted by Crippen LogP contribution is -2.42. The van der Waals surface area contributed by atoms with Gasteiger partial charge in [-0.3, -0.25) is 19.5 Å². The van der Waals surface area contributed by atoms with Crippen molar-refractivity contribution >= 4 is 45.8 Å². The molecule has 210 valence electrons. The Morgan fingerprint density at radius 2 is 1.93 bits per heavy atom. The van der Waals surface area contributed by atoms with Gasteiger partial charge in [0, 0.05) is 23.2 Å². The molecule has 4 rings (SSSR count). The van der Waals surface area contributed by atoms with Crippen molar-refractivity contribution in [3.63, 3.8) is 0 Å². The number of alkyl halides is 1. The van der Waals surface area contributed by atoms with E-state index < -0.39 is 12.1 Å². The molecular formula is C30H34FN5O3S. The van der Waals surface area contributed by atoms with Crippen LogP contribution < -0.4 is 16.0 Å². The van der Waals surface area contributed by atoms with Crippen molar-refractivity contribution in [3.8, 4) is 5.69 Å². The van der Waals surface area contributed by atoms with Crippen LogP contribution in [0.25, 0.3) is 16.7 Å². The van der Waals surface area contributed by atoms with E-state index in [9.17, 15) is 19.1 Å². The summed E-state index contributed by atoms with van der Waals surface area (Å²) in [6, 6.07) is 16.1. The highest BCUT2D eigenvalue weighted by Crippen LogP contribution is 2.30. The molecule has 0 saturated carbocycles. The summed E-state index contributed by atoms with van der Waals surface area (Å²) in [5.41, 5.74) is 3.46. The molecule has 0 bridgehead atoms. The molecule has 1 unspecified atom stereocenters. The summed E-state index contributed by atoms with van der Waals surface area (Å²) in [7, 11) is 0. The number of benzene rings is 2. The van der Waals surface area contributed by atoms with Crippen LogP contribution in [0.15, 0.2) is 67.3 Å². The Labute approximate surface area is 236 Å². The molecule has 4 N–H and O–H groups in total. The molecule has 0 spiro atoms. The summed E-state index contributed by atoms with van der Waals surface area (Å²) in [5.74, 6) is -0.462. The summed E-state index contributed by atoms with van der Waals surface area (Å²) in [6.07, 6.45) is 0.0232. The highest BCUT2D eigenvalue weighted by molar-refractivity contribution is 7.14. The fourth-order valence-electron chi connectivity index (χ4n) is 4.23. The first-order valence-electron chi connectivity index (χ1n) is 12.9. The molecule has 2 aromatic heterocycles. The normalized spacial score (nSPS) is 13.2. The number of fused-ring (bicyclic) bond motifs is 1. The van der Waals surface area contributed by atoms with Crippen LogP contribution in [-0.4, -0.2) is 39.1 Å². The first kappa shape index (κ1) is 29.1. The molecule has 2 aromatic carbocycles. The van der Waals surface area contributed by atoms with Crippen LogP contribution in [0.3, 0.4) is 0 Å². The maximum absolute atomic E-state index is 13.8. The van der Waals surface area contributed by atoms with E-state index in [1.165, 1.54) is 13.0 Å². The monoisotopic (exact) mass is 563 g/mol. The molecule has 8 nitrogen and oxygen atoms in total. The van der Waals surface area contributed by atoms with Crippen LogP contribution in [0.4, 0.5) is 16.0 Å². The van der Waals surface area contributed by atoms with Gasteiger partial charge in [0.05, 0.1) is 28.2 Å². The van der Waals surface area contributed by atoms with Crippen molar-refractivity contribution in [2.45, 2.75) is 46.5 Å². The number of carbonyl (C=O) groups is 2. The summed E-state index contributed by atoms with van der Waals surface area (Å²) in [6.45, 7) is 11.7. The molecular weight excluding hydrogens is 529 g/mol. The largest absolute Gasteiger partial charge is 0.395 e. The Morgan fingerprint density at radius 3 is 2.58 bits per heavy atom. The van der Waals surface area contributed by atoms with Crippen molar-refractivity contribution in [1.29, 1.82) is 0 Å². The number of nitrogens with zero attached hydrogens (tertiary/aromatic N) is 2. The van der Waals surface area contributed by atoms with Gasteiger partial charge in [-0.15, -0.1) is 11.3 Å². The topological polar surface area (TPSA) is 108 Å². The third-order valence-corrected chi connectivity index (χ3v) is 7.76. The average Bonchev–Trinajstić information content (AvgIpc) is 3.53. The number of anilines is 2. The Kier molecular flexibility index (Phi) is 8.82. The van der Waals surface area contributed by atoms with Crippen LogP contribution in [0.1, 0.15) is 54.0 Å². The Morgan fingerprint density at radius 1 is 1.15 bits per heavy atom. The van der Waals surface area contributed by atoms with Crippen molar-refractivity contribution < 1.29 is 19.1 Å². The number of imidazole rings is 1. The Balaban J connectivity index is 1.73. The van der Waals surface area contributed by atoms with Gasteiger partial charge in [0.15, 0.2) is 0 Å². The van der Waals surface area contributed by atoms with Gasteiger partial charge < -0.3 is 15.7 Å². The number of aromatic nitrogens is 2. The molecule has 2 heterocycles. The minimum absolute atomic E-state index is 0.0148. The van der Waals surface area contributed by atoms with E-state index in [1.54, 1.807) is 34.9 Å². The van der Waals surface area contributed by atoms with Crippen LogP contribution in [0.2, 0.25) is 0 Å². The van der Waals surface area contributed by atoms with Crippen molar-refractivity contribution in [3.05, 3.63) is 82.6 Å². The number of hydrogen-bond donors (Lipinski definition) is 4. The molecule has 2 atom stereocenters. The average molecular weight is 564 g/mol. The van der Waals surface area contributed by atoms with Crippen LogP contribution >= 0.6 is 11.3 Å². The van der Waals surface area contributed by atoms with Gasteiger partial charge in [0.25, 0.3) is 5.91 Å². The fourth-order valence-corrected chi connectivity index (χ4v) is 5.07. The zero-order valence-corrected chi connectivity index (χ0v) is 23.8. The third kappa shape index (κ3) is 6.64. The fraction of sp³-hybridized carbons (Fsp3) is 0.300. The predicted octanol–water partition coefficient (Wildman–Crippen LogP) is 5.99. The van der Waals surface area contributed by atoms with Gasteiger partial charge in [-0.2, -0.15) is 0 Å². The number of hydrogen-bond acceptors (Lipinski definition) is 6. The molecule has 4 aromatic rings. The summed E-state index contributed by atoms with van der Waals surface area (Å²) in [4.78, 5) is 30.6. The lowest BCUT2D eigenvalue weighted by Gasteiger charge is -2.30. The molecule has 0 saturated heterocycles. The first-order chi connectivity index (χ1) is 19.0. The highest BCUT2D eigenvalue weighted by atomic mass is 32.1. The number of nitrogens with one attached hydrogen (secondary N) is 3. The molecule has 10 heteroatoms. The van der Waals surface area contributed by atoms with Gasteiger partial charge >= 0.3 is 0 Å². The number of rotatable bonds is 10. The first-order valence-corrected chi connectivity index (χ1v) is 13.8. The second-order valence-corrected chi connectivity index (χ2v) is 11.7. The smallest absolute Gasteiger partial charge is 0.268 e. The van der Waals surface area contributed by atoms with E-state index in [0.717, 1.165) is 22.4 Å². The predicted molar refractivity (Wildman–Crippen MR) is 159 cm³/mol. The number of halogens is 1. The van der Waals surface area contributed by atoms with Gasteiger partial charge in [-0.1, -0.05) is 39.5 Å². The number of carbonyl (C=O) groups excluding carboxylic acids is 2. The third-order valence-electron chi connectivity index (χ3n) is 6.52. The van der Waals surface area contributed by atoms with Crippen LogP contribution in [0.5, 0.6) is 0 Å². The van der Waals surface area contributed by atoms with Crippen molar-refractivity contribution in [1.82, 2.24) is 14.9 Å². The highest BCUT2D eigenvalue weighted by Gasteiger charge is 2.23. The summed E-state index contributed by atoms with van der Waals surface area (Å²) in [5, 5.41) is 18.9. The second-order valence-electron chi connectivity index (χ2n) is 10.6. The van der Waals surface area contributed by atoms with E-state index in [1.807, 2.05) is 24.3 Å². The van der Waals surface area contributed by atoms with Gasteiger partial charge in [0.2, 0.25) is 11.9 Å². The van der Waals surface area contributed by atoms with Crippen LogP contribution in [0, 0.1) is 5.41 Å². The molecule has 2 amide bonds. The van der Waals surface area contributed by atoms with Crippen molar-refractivity contribution in [2.75, 3.05) is 17.2 Å². The maximum atomic E-state index is 13.8. The van der Waals surface area contributed by atoms with Gasteiger partial charge in [-0.05, 0) is 66.4 Å². The maximum Gasteiger partial charge on any atom is 0.268 e. The molecule has 0 aliphatic heterocycles. The van der Waals surface area contributed by atoms with E-state index in [0.29, 0.717) is 33.2 Å². The number of aliphatic hydroxyl groups is 1. The molecule has 0 aliphatic rings. The van der Waals surface area contributed by atoms with Gasteiger partial charge in [-0.25, -0.2) is 9.37 Å². The molecule has 0 fully saturated rings. The quantitative estimate of drug-likeness (QED) is 0.177. The van der Waals surface area contributed by atoms with Gasteiger partial charge in [0.1, 0.15) is 6.17 Å². The van der Waals surface area contributed by atoms with E-state index in [4.69, 9.17) is 4.98 Å². The number of amides is 2. The lowest BCUT2D eigenvalue weighted by molar-refractivity contribution is -0.111. The summed E-state index contributed by atoms with van der Waals surface area (Å²) >= 11 is 1.09. The van der Waals surface area contributed by atoms with E-state index in [2.05, 4.69) is 43.3 Å². The minimum Gasteiger partial charge on any atom is -0.395 e. The van der Waals surface area contributed by atoms with Crippen LogP contribution in [-0.2, 0) is 11.3 Å². The Bertz CT molecular complexity index is 1540. The standard InChI is InChI=1S/C30H34FN5O3S/c1-6-27(38)33-20-8-7-9-21(15-20)36-23-11-10-19(16-32-26(17-37)30(3,4)5)14-22(23)34-29(36)35-28(39)25-13-12-24(40-25)18(2)31/h6-15,18,26,32,37H,1,16-17H2,2-5H3,(H,33,38)(H,34,35,39)/t18?,26-/m0/s1. The second kappa shape index (κ2) is 12.1. The van der Waals surface area contributed by atoms with E-state index in [-0.39, 0.29) is 29.9 Å². The van der Waals surface area contributed by atoms with Crippen molar-refractivity contribution in [2.24, 2.45) is 5.41 Å². The SMILES string of the molecule is C=CC(=O)Nc1cccc(-n2c(NC(=O)c3ccc(C(C)F)s3)nc3cc(CN[C@@H](CO)C(C)(C)C)ccc32)c1. The zero-order valence-electron chi connectivity index (χ0n) is 23.0. The van der Waals surface area contributed by atoms with E-state index >= 15 is 0 Å².